The molecular formula is C29H23N3O4. The smallest absolute Gasteiger partial charge is 0.295 e. The molecule has 3 heterocycles. The first-order chi connectivity index (χ1) is 17.6. The van der Waals surface area contributed by atoms with E-state index in [0.717, 1.165) is 32.9 Å². The zero-order valence-electron chi connectivity index (χ0n) is 19.5. The van der Waals surface area contributed by atoms with E-state index in [1.807, 2.05) is 72.8 Å². The van der Waals surface area contributed by atoms with Gasteiger partial charge in [-0.15, -0.1) is 0 Å². The summed E-state index contributed by atoms with van der Waals surface area (Å²) in [5, 5.41) is 13.2. The number of likely N-dealkylation sites (tertiary alicyclic amines) is 1. The third-order valence-electron chi connectivity index (χ3n) is 6.83. The molecule has 1 aliphatic heterocycles. The van der Waals surface area contributed by atoms with Gasteiger partial charge in [0.2, 0.25) is 0 Å². The number of para-hydroxylation sites is 3. The molecular weight excluding hydrogens is 454 g/mol. The molecule has 1 fully saturated rings. The van der Waals surface area contributed by atoms with Crippen molar-refractivity contribution in [3.05, 3.63) is 107 Å². The summed E-state index contributed by atoms with van der Waals surface area (Å²) in [6, 6.07) is 21.8. The van der Waals surface area contributed by atoms with Gasteiger partial charge in [-0.25, -0.2) is 0 Å². The summed E-state index contributed by atoms with van der Waals surface area (Å²) in [7, 11) is 1.57. The van der Waals surface area contributed by atoms with E-state index in [-0.39, 0.29) is 17.9 Å². The number of H-pyrrole nitrogens is 2. The Balaban J connectivity index is 1.57. The van der Waals surface area contributed by atoms with E-state index in [4.69, 9.17) is 4.74 Å². The predicted molar refractivity (Wildman–Crippen MR) is 137 cm³/mol. The van der Waals surface area contributed by atoms with Crippen LogP contribution in [0.15, 0.2) is 90.8 Å². The Morgan fingerprint density at radius 3 is 2.31 bits per heavy atom. The molecule has 2 aromatic heterocycles. The molecule has 0 spiro atoms. The van der Waals surface area contributed by atoms with Gasteiger partial charge in [0.05, 0.1) is 25.3 Å². The number of hydrogen-bond acceptors (Lipinski definition) is 4. The summed E-state index contributed by atoms with van der Waals surface area (Å²) in [4.78, 5) is 34.9. The number of carbonyl (C=O) groups excluding carboxylic acids is 2. The molecule has 36 heavy (non-hydrogen) atoms. The highest BCUT2D eigenvalue weighted by Gasteiger charge is 2.47. The monoisotopic (exact) mass is 477 g/mol. The van der Waals surface area contributed by atoms with Crippen molar-refractivity contribution in [1.82, 2.24) is 14.9 Å². The van der Waals surface area contributed by atoms with Gasteiger partial charge < -0.3 is 24.7 Å². The fourth-order valence-corrected chi connectivity index (χ4v) is 5.12. The summed E-state index contributed by atoms with van der Waals surface area (Å²) in [6.45, 7) is 0.142. The number of rotatable bonds is 5. The maximum Gasteiger partial charge on any atom is 0.295 e. The summed E-state index contributed by atoms with van der Waals surface area (Å²) >= 11 is 0. The summed E-state index contributed by atoms with van der Waals surface area (Å²) in [5.74, 6) is -0.974. The summed E-state index contributed by atoms with van der Waals surface area (Å²) < 4.78 is 5.50. The van der Waals surface area contributed by atoms with E-state index in [9.17, 15) is 14.7 Å². The molecule has 1 aliphatic rings. The maximum absolute atomic E-state index is 13.5. The highest BCUT2D eigenvalue weighted by molar-refractivity contribution is 6.46. The molecule has 1 unspecified atom stereocenters. The van der Waals surface area contributed by atoms with Gasteiger partial charge in [0.15, 0.2) is 0 Å². The minimum atomic E-state index is -0.792. The van der Waals surface area contributed by atoms with Crippen molar-refractivity contribution in [3.63, 3.8) is 0 Å². The highest BCUT2D eigenvalue weighted by atomic mass is 16.5. The molecule has 1 atom stereocenters. The van der Waals surface area contributed by atoms with Gasteiger partial charge in [0.1, 0.15) is 11.5 Å². The molecule has 1 saturated heterocycles. The number of aliphatic hydroxyl groups excluding tert-OH is 1. The molecule has 0 radical (unpaired) electrons. The second-order valence-corrected chi connectivity index (χ2v) is 8.78. The van der Waals surface area contributed by atoms with Crippen LogP contribution in [0.2, 0.25) is 0 Å². The Kier molecular flexibility index (Phi) is 5.11. The molecule has 3 aromatic carbocycles. The molecule has 0 saturated carbocycles. The Morgan fingerprint density at radius 2 is 1.53 bits per heavy atom. The van der Waals surface area contributed by atoms with Crippen molar-refractivity contribution >= 4 is 39.3 Å². The number of carbonyl (C=O) groups is 2. The van der Waals surface area contributed by atoms with E-state index < -0.39 is 17.7 Å². The van der Waals surface area contributed by atoms with Crippen LogP contribution in [0, 0.1) is 0 Å². The lowest BCUT2D eigenvalue weighted by molar-refractivity contribution is -0.140. The number of methoxy groups -OCH3 is 1. The number of ether oxygens (including phenoxy) is 1. The van der Waals surface area contributed by atoms with Crippen LogP contribution >= 0.6 is 0 Å². The summed E-state index contributed by atoms with van der Waals surface area (Å²) in [5.41, 5.74) is 3.74. The number of nitrogens with one attached hydrogen (secondary N) is 2. The molecule has 1 amide bonds. The molecule has 7 heteroatoms. The van der Waals surface area contributed by atoms with Gasteiger partial charge in [-0.05, 0) is 18.2 Å². The molecule has 6 rings (SSSR count). The van der Waals surface area contributed by atoms with Gasteiger partial charge in [0.25, 0.3) is 11.7 Å². The van der Waals surface area contributed by atoms with E-state index in [1.165, 1.54) is 4.90 Å². The van der Waals surface area contributed by atoms with Crippen LogP contribution in [-0.4, -0.2) is 38.8 Å². The summed E-state index contributed by atoms with van der Waals surface area (Å²) in [6.07, 6.45) is 3.47. The standard InChI is InChI=1S/C29H23N3O4/c1-36-24-13-7-2-8-17(24)16-32-26(20-14-30-22-11-5-3-9-18(20)22)25(28(34)29(32)35)27(33)21-15-31-23-12-6-4-10-19(21)23/h2-15,26,30-31,33H,16H2,1H3/b27-25+. The number of aromatic nitrogens is 2. The molecule has 0 aliphatic carbocycles. The largest absolute Gasteiger partial charge is 0.507 e. The van der Waals surface area contributed by atoms with Crippen molar-refractivity contribution in [2.75, 3.05) is 7.11 Å². The predicted octanol–water partition coefficient (Wildman–Crippen LogP) is 5.28. The van der Waals surface area contributed by atoms with Crippen LogP contribution in [0.4, 0.5) is 0 Å². The number of amides is 1. The fourth-order valence-electron chi connectivity index (χ4n) is 5.12. The third-order valence-corrected chi connectivity index (χ3v) is 6.83. The number of hydrogen-bond donors (Lipinski definition) is 3. The normalized spacial score (nSPS) is 17.4. The number of ketones is 1. The molecule has 5 aromatic rings. The highest BCUT2D eigenvalue weighted by Crippen LogP contribution is 2.43. The lowest BCUT2D eigenvalue weighted by atomic mass is 9.94. The second-order valence-electron chi connectivity index (χ2n) is 8.78. The molecule has 0 bridgehead atoms. The van der Waals surface area contributed by atoms with Gasteiger partial charge >= 0.3 is 0 Å². The Morgan fingerprint density at radius 1 is 0.889 bits per heavy atom. The van der Waals surface area contributed by atoms with E-state index >= 15 is 0 Å². The molecule has 3 N–H and O–H groups in total. The number of aliphatic hydroxyl groups is 1. The number of aromatic amines is 2. The quantitative estimate of drug-likeness (QED) is 0.182. The first-order valence-electron chi connectivity index (χ1n) is 11.6. The SMILES string of the molecule is COc1ccccc1CN1C(=O)C(=O)/C(=C(/O)c2c[nH]c3ccccc23)C1c1c[nH]c2ccccc12. The van der Waals surface area contributed by atoms with E-state index in [0.29, 0.717) is 11.3 Å². The van der Waals surface area contributed by atoms with Gasteiger partial charge in [-0.1, -0.05) is 54.6 Å². The van der Waals surface area contributed by atoms with Crippen LogP contribution in [0.25, 0.3) is 27.6 Å². The third kappa shape index (κ3) is 3.28. The second kappa shape index (κ2) is 8.46. The van der Waals surface area contributed by atoms with Crippen molar-refractivity contribution in [1.29, 1.82) is 0 Å². The van der Waals surface area contributed by atoms with Crippen LogP contribution in [0.5, 0.6) is 5.75 Å². The molecule has 7 nitrogen and oxygen atoms in total. The Labute approximate surface area is 206 Å². The van der Waals surface area contributed by atoms with E-state index in [2.05, 4.69) is 9.97 Å². The van der Waals surface area contributed by atoms with Crippen LogP contribution in [-0.2, 0) is 16.1 Å². The van der Waals surface area contributed by atoms with Crippen LogP contribution in [0.1, 0.15) is 22.7 Å². The fraction of sp³-hybridized carbons (Fsp3) is 0.103. The van der Waals surface area contributed by atoms with E-state index in [1.54, 1.807) is 19.5 Å². The van der Waals surface area contributed by atoms with Gasteiger partial charge in [0, 0.05) is 50.9 Å². The van der Waals surface area contributed by atoms with Gasteiger partial charge in [-0.3, -0.25) is 9.59 Å². The number of fused-ring (bicyclic) bond motifs is 2. The van der Waals surface area contributed by atoms with Gasteiger partial charge in [-0.2, -0.15) is 0 Å². The Hall–Kier alpha value is -4.78. The average molecular weight is 478 g/mol. The van der Waals surface area contributed by atoms with Crippen molar-refractivity contribution in [2.24, 2.45) is 0 Å². The van der Waals surface area contributed by atoms with Crippen LogP contribution < -0.4 is 4.74 Å². The van der Waals surface area contributed by atoms with Crippen molar-refractivity contribution < 1.29 is 19.4 Å². The number of Topliss-reactive ketones (excluding diaryl/α,β-unsaturated/α-hetero) is 1. The Bertz CT molecular complexity index is 1680. The number of benzene rings is 3. The zero-order chi connectivity index (χ0) is 24.8. The maximum atomic E-state index is 13.5. The minimum absolute atomic E-state index is 0.0596. The lowest BCUT2D eigenvalue weighted by Crippen LogP contribution is -2.29. The molecule has 178 valence electrons. The zero-order valence-corrected chi connectivity index (χ0v) is 19.5. The minimum Gasteiger partial charge on any atom is -0.507 e. The average Bonchev–Trinajstić information content (AvgIpc) is 3.60. The first kappa shape index (κ1) is 21.7. The topological polar surface area (TPSA) is 98.4 Å². The van der Waals surface area contributed by atoms with Crippen molar-refractivity contribution in [2.45, 2.75) is 12.6 Å². The first-order valence-corrected chi connectivity index (χ1v) is 11.6. The van der Waals surface area contributed by atoms with Crippen molar-refractivity contribution in [3.8, 4) is 5.75 Å². The lowest BCUT2D eigenvalue weighted by Gasteiger charge is -2.25. The van der Waals surface area contributed by atoms with Crippen LogP contribution in [0.3, 0.4) is 0 Å². The number of nitrogens with zero attached hydrogens (tertiary/aromatic N) is 1.